The fourth-order valence-electron chi connectivity index (χ4n) is 7.26. The van der Waals surface area contributed by atoms with E-state index in [1.54, 1.807) is 0 Å². The highest BCUT2D eigenvalue weighted by Crippen LogP contribution is 2.37. The zero-order valence-electron chi connectivity index (χ0n) is 29.7. The first-order chi connectivity index (χ1) is 27.3. The van der Waals surface area contributed by atoms with Gasteiger partial charge in [0.2, 0.25) is 0 Å². The van der Waals surface area contributed by atoms with Gasteiger partial charge in [-0.05, 0) is 57.8 Å². The van der Waals surface area contributed by atoms with Gasteiger partial charge < -0.3 is 0 Å². The average molecular weight is 705 g/mol. The van der Waals surface area contributed by atoms with E-state index in [-0.39, 0.29) is 0 Å². The minimum Gasteiger partial charge on any atom is -0.291 e. The second kappa shape index (κ2) is 13.8. The summed E-state index contributed by atoms with van der Waals surface area (Å²) in [5.41, 5.74) is 11.1. The lowest BCUT2D eigenvalue weighted by molar-refractivity contribution is 1.07. The quantitative estimate of drug-likeness (QED) is 0.165. The molecule has 0 bridgehead atoms. The molecule has 0 amide bonds. The molecule has 0 atom stereocenters. The number of benzene rings is 7. The summed E-state index contributed by atoms with van der Waals surface area (Å²) in [6, 6.07) is 64.4. The number of nitrogens with zero attached hydrogens (tertiary/aromatic N) is 6. The fraction of sp³-hybridized carbons (Fsp3) is 0. The predicted octanol–water partition coefficient (Wildman–Crippen LogP) is 11.8. The van der Waals surface area contributed by atoms with Crippen molar-refractivity contribution in [2.45, 2.75) is 0 Å². The molecule has 6 nitrogen and oxygen atoms in total. The molecule has 0 saturated heterocycles. The smallest absolute Gasteiger partial charge is 0.164 e. The molecule has 6 heteroatoms. The molecule has 0 N–H and O–H groups in total. The summed E-state index contributed by atoms with van der Waals surface area (Å²) in [4.78, 5) is 24.7. The first-order valence-corrected chi connectivity index (χ1v) is 18.3. The maximum Gasteiger partial charge on any atom is 0.164 e. The standard InChI is InChI=1S/C49H32N6/c1-4-14-34(15-5-1)46-52-47(35-16-6-2-7-17-35)54-48(53-46)36-26-24-33(25-27-36)39-29-30-40(42-21-11-10-20-41(39)42)37-28-31-44(50-32-37)49-51-43-22-12-13-23-45(43)55(49)38-18-8-3-9-19-38/h1-32H. The van der Waals surface area contributed by atoms with Gasteiger partial charge in [0, 0.05) is 34.1 Å². The van der Waals surface area contributed by atoms with E-state index in [0.717, 1.165) is 72.6 Å². The summed E-state index contributed by atoms with van der Waals surface area (Å²) < 4.78 is 2.18. The average Bonchev–Trinajstić information content (AvgIpc) is 3.67. The van der Waals surface area contributed by atoms with Crippen molar-refractivity contribution >= 4 is 21.8 Å². The minimum atomic E-state index is 0.634. The van der Waals surface area contributed by atoms with Crippen molar-refractivity contribution in [2.24, 2.45) is 0 Å². The lowest BCUT2D eigenvalue weighted by atomic mass is 9.92. The Balaban J connectivity index is 0.998. The lowest BCUT2D eigenvalue weighted by Crippen LogP contribution is -2.00. The van der Waals surface area contributed by atoms with Crippen LogP contribution in [0.25, 0.3) is 95.4 Å². The van der Waals surface area contributed by atoms with E-state index < -0.39 is 0 Å². The van der Waals surface area contributed by atoms with Gasteiger partial charge in [0.15, 0.2) is 23.3 Å². The molecule has 258 valence electrons. The highest BCUT2D eigenvalue weighted by atomic mass is 15.1. The Bertz CT molecular complexity index is 2880. The van der Waals surface area contributed by atoms with Crippen LogP contribution in [0.1, 0.15) is 0 Å². The Labute approximate surface area is 318 Å². The van der Waals surface area contributed by atoms with E-state index in [1.165, 1.54) is 5.39 Å². The monoisotopic (exact) mass is 704 g/mol. The first kappa shape index (κ1) is 32.1. The second-order valence-corrected chi connectivity index (χ2v) is 13.3. The van der Waals surface area contributed by atoms with E-state index >= 15 is 0 Å². The van der Waals surface area contributed by atoms with Crippen LogP contribution in [0, 0.1) is 0 Å². The number of aromatic nitrogens is 6. The van der Waals surface area contributed by atoms with Crippen molar-refractivity contribution in [3.63, 3.8) is 0 Å². The number of imidazole rings is 1. The number of para-hydroxylation sites is 3. The van der Waals surface area contributed by atoms with Crippen LogP contribution >= 0.6 is 0 Å². The third kappa shape index (κ3) is 6.02. The molecule has 0 fully saturated rings. The Morgan fingerprint density at radius 1 is 0.345 bits per heavy atom. The van der Waals surface area contributed by atoms with Crippen LogP contribution in [-0.4, -0.2) is 29.5 Å². The normalized spacial score (nSPS) is 11.3. The number of pyridine rings is 1. The molecule has 10 aromatic rings. The van der Waals surface area contributed by atoms with Gasteiger partial charge in [-0.3, -0.25) is 9.55 Å². The molecular formula is C49H32N6. The molecule has 7 aromatic carbocycles. The second-order valence-electron chi connectivity index (χ2n) is 13.3. The van der Waals surface area contributed by atoms with E-state index in [1.807, 2.05) is 103 Å². The Hall–Kier alpha value is -7.57. The third-order valence-corrected chi connectivity index (χ3v) is 9.96. The van der Waals surface area contributed by atoms with Crippen molar-refractivity contribution in [1.82, 2.24) is 29.5 Å². The SMILES string of the molecule is c1ccc(-c2nc(-c3ccccc3)nc(-c3ccc(-c4ccc(-c5ccc(-c6nc7ccccc7n6-c6ccccc6)nc5)c5ccccc45)cc3)n2)cc1. The van der Waals surface area contributed by atoms with Crippen molar-refractivity contribution in [2.75, 3.05) is 0 Å². The third-order valence-electron chi connectivity index (χ3n) is 9.96. The van der Waals surface area contributed by atoms with Crippen molar-refractivity contribution < 1.29 is 0 Å². The highest BCUT2D eigenvalue weighted by Gasteiger charge is 2.17. The Kier molecular flexibility index (Phi) is 8.04. The van der Waals surface area contributed by atoms with E-state index in [0.29, 0.717) is 17.5 Å². The molecule has 0 aliphatic rings. The summed E-state index contributed by atoms with van der Waals surface area (Å²) in [5.74, 6) is 2.74. The van der Waals surface area contributed by atoms with Crippen LogP contribution in [0.3, 0.4) is 0 Å². The maximum absolute atomic E-state index is 5.01. The van der Waals surface area contributed by atoms with E-state index in [4.69, 9.17) is 24.9 Å². The number of hydrogen-bond donors (Lipinski definition) is 0. The van der Waals surface area contributed by atoms with Crippen LogP contribution in [-0.2, 0) is 0 Å². The largest absolute Gasteiger partial charge is 0.291 e. The molecule has 0 aliphatic carbocycles. The number of rotatable bonds is 7. The zero-order chi connectivity index (χ0) is 36.6. The molecular weight excluding hydrogens is 673 g/mol. The Morgan fingerprint density at radius 2 is 0.818 bits per heavy atom. The molecule has 0 aliphatic heterocycles. The minimum absolute atomic E-state index is 0.634. The molecule has 0 radical (unpaired) electrons. The topological polar surface area (TPSA) is 69.4 Å². The van der Waals surface area contributed by atoms with E-state index in [9.17, 15) is 0 Å². The van der Waals surface area contributed by atoms with Crippen LogP contribution in [0.5, 0.6) is 0 Å². The summed E-state index contributed by atoms with van der Waals surface area (Å²) in [6.07, 6.45) is 1.96. The molecule has 10 rings (SSSR count). The first-order valence-electron chi connectivity index (χ1n) is 18.3. The van der Waals surface area contributed by atoms with Crippen LogP contribution in [0.2, 0.25) is 0 Å². The zero-order valence-corrected chi connectivity index (χ0v) is 29.7. The molecule has 3 aromatic heterocycles. The van der Waals surface area contributed by atoms with Gasteiger partial charge in [-0.1, -0.05) is 158 Å². The summed E-state index contributed by atoms with van der Waals surface area (Å²) in [6.45, 7) is 0. The lowest BCUT2D eigenvalue weighted by Gasteiger charge is -2.13. The van der Waals surface area contributed by atoms with Gasteiger partial charge in [-0.25, -0.2) is 19.9 Å². The van der Waals surface area contributed by atoms with Gasteiger partial charge >= 0.3 is 0 Å². The molecule has 0 spiro atoms. The van der Waals surface area contributed by atoms with Gasteiger partial charge in [-0.15, -0.1) is 0 Å². The van der Waals surface area contributed by atoms with Gasteiger partial charge in [0.1, 0.15) is 5.69 Å². The fourth-order valence-corrected chi connectivity index (χ4v) is 7.26. The summed E-state index contributed by atoms with van der Waals surface area (Å²) >= 11 is 0. The molecule has 0 saturated carbocycles. The predicted molar refractivity (Wildman–Crippen MR) is 222 cm³/mol. The highest BCUT2D eigenvalue weighted by molar-refractivity contribution is 6.05. The van der Waals surface area contributed by atoms with Crippen molar-refractivity contribution in [3.8, 4) is 73.6 Å². The number of hydrogen-bond acceptors (Lipinski definition) is 5. The van der Waals surface area contributed by atoms with Gasteiger partial charge in [0.05, 0.1) is 11.0 Å². The molecule has 0 unspecified atom stereocenters. The molecule has 3 heterocycles. The summed E-state index contributed by atoms with van der Waals surface area (Å²) in [5, 5.41) is 2.33. The van der Waals surface area contributed by atoms with E-state index in [2.05, 4.69) is 95.6 Å². The Morgan fingerprint density at radius 3 is 1.40 bits per heavy atom. The van der Waals surface area contributed by atoms with Gasteiger partial charge in [0.25, 0.3) is 0 Å². The van der Waals surface area contributed by atoms with Crippen LogP contribution in [0.4, 0.5) is 0 Å². The van der Waals surface area contributed by atoms with Crippen molar-refractivity contribution in [1.29, 1.82) is 0 Å². The van der Waals surface area contributed by atoms with Crippen LogP contribution in [0.15, 0.2) is 194 Å². The summed E-state index contributed by atoms with van der Waals surface area (Å²) in [7, 11) is 0. The molecule has 55 heavy (non-hydrogen) atoms. The number of fused-ring (bicyclic) bond motifs is 2. The van der Waals surface area contributed by atoms with Crippen LogP contribution < -0.4 is 0 Å². The maximum atomic E-state index is 5.01. The van der Waals surface area contributed by atoms with Gasteiger partial charge in [-0.2, -0.15) is 0 Å². The van der Waals surface area contributed by atoms with Crippen molar-refractivity contribution in [3.05, 3.63) is 194 Å².